The zero-order chi connectivity index (χ0) is 13.7. The Hall–Kier alpha value is -1.09. The summed E-state index contributed by atoms with van der Waals surface area (Å²) >= 11 is 0. The highest BCUT2D eigenvalue weighted by Crippen LogP contribution is 2.24. The minimum Gasteiger partial charge on any atom is -0.356 e. The van der Waals surface area contributed by atoms with Crippen molar-refractivity contribution in [2.24, 2.45) is 11.8 Å². The fourth-order valence-corrected chi connectivity index (χ4v) is 2.73. The van der Waals surface area contributed by atoms with E-state index in [1.54, 1.807) is 0 Å². The maximum Gasteiger partial charge on any atom is 0.133 e. The highest BCUT2D eigenvalue weighted by molar-refractivity contribution is 5.47. The third-order valence-corrected chi connectivity index (χ3v) is 3.69. The summed E-state index contributed by atoms with van der Waals surface area (Å²) in [4.78, 5) is 7.08. The molecule has 1 unspecified atom stereocenters. The molecule has 0 saturated carbocycles. The van der Waals surface area contributed by atoms with Crippen molar-refractivity contribution in [2.75, 3.05) is 24.5 Å². The van der Waals surface area contributed by atoms with Gasteiger partial charge in [0.15, 0.2) is 0 Å². The summed E-state index contributed by atoms with van der Waals surface area (Å²) in [7, 11) is 0. The fraction of sp³-hybridized carbons (Fsp3) is 0.688. The number of hydrogen-bond acceptors (Lipinski definition) is 3. The zero-order valence-electron chi connectivity index (χ0n) is 12.5. The largest absolute Gasteiger partial charge is 0.356 e. The molecule has 0 bridgehead atoms. The molecule has 0 aliphatic carbocycles. The number of aromatic nitrogens is 1. The maximum absolute atomic E-state index is 4.62. The van der Waals surface area contributed by atoms with E-state index < -0.39 is 0 Å². The van der Waals surface area contributed by atoms with Crippen molar-refractivity contribution in [3.05, 3.63) is 23.9 Å². The van der Waals surface area contributed by atoms with Gasteiger partial charge in [0.1, 0.15) is 5.82 Å². The molecule has 0 amide bonds. The molecule has 19 heavy (non-hydrogen) atoms. The van der Waals surface area contributed by atoms with Crippen LogP contribution in [0.5, 0.6) is 0 Å². The third-order valence-electron chi connectivity index (χ3n) is 3.69. The Labute approximate surface area is 117 Å². The molecule has 1 aliphatic rings. The Bertz CT molecular complexity index is 389. The highest BCUT2D eigenvalue weighted by Gasteiger charge is 2.19. The van der Waals surface area contributed by atoms with Crippen molar-refractivity contribution in [1.29, 1.82) is 0 Å². The maximum atomic E-state index is 4.62. The van der Waals surface area contributed by atoms with E-state index >= 15 is 0 Å². The molecule has 2 rings (SSSR count). The van der Waals surface area contributed by atoms with Crippen molar-refractivity contribution in [3.63, 3.8) is 0 Å². The molecule has 0 aromatic carbocycles. The Kier molecular flexibility index (Phi) is 5.20. The summed E-state index contributed by atoms with van der Waals surface area (Å²) in [5.74, 6) is 2.66. The van der Waals surface area contributed by atoms with E-state index in [0.29, 0.717) is 5.92 Å². The van der Waals surface area contributed by atoms with Crippen LogP contribution in [0.1, 0.15) is 39.2 Å². The molecule has 2 heterocycles. The van der Waals surface area contributed by atoms with Gasteiger partial charge in [0.05, 0.1) is 0 Å². The standard InChI is InChI=1S/C16H27N3/c1-13(2)10-17-11-15-7-4-8-18-16(15)19-9-5-6-14(3)12-19/h4,7-8,13-14,17H,5-6,9-12H2,1-3H3. The van der Waals surface area contributed by atoms with Crippen LogP contribution in [0.4, 0.5) is 5.82 Å². The molecule has 1 saturated heterocycles. The Balaban J connectivity index is 2.02. The third kappa shape index (κ3) is 4.20. The number of hydrogen-bond donors (Lipinski definition) is 1. The molecule has 1 fully saturated rings. The predicted molar refractivity (Wildman–Crippen MR) is 81.4 cm³/mol. The van der Waals surface area contributed by atoms with Crippen LogP contribution in [0, 0.1) is 11.8 Å². The first-order valence-electron chi connectivity index (χ1n) is 7.56. The number of piperidine rings is 1. The van der Waals surface area contributed by atoms with E-state index in [0.717, 1.165) is 32.1 Å². The Morgan fingerprint density at radius 3 is 3.05 bits per heavy atom. The Morgan fingerprint density at radius 2 is 2.32 bits per heavy atom. The van der Waals surface area contributed by atoms with Crippen molar-refractivity contribution in [2.45, 2.75) is 40.2 Å². The van der Waals surface area contributed by atoms with Crippen LogP contribution in [0.25, 0.3) is 0 Å². The number of rotatable bonds is 5. The van der Waals surface area contributed by atoms with Crippen LogP contribution >= 0.6 is 0 Å². The lowest BCUT2D eigenvalue weighted by Crippen LogP contribution is -2.36. The predicted octanol–water partition coefficient (Wildman–Crippen LogP) is 3.06. The normalized spacial score (nSPS) is 20.0. The van der Waals surface area contributed by atoms with Gasteiger partial charge in [0.25, 0.3) is 0 Å². The summed E-state index contributed by atoms with van der Waals surface area (Å²) in [6, 6.07) is 4.25. The summed E-state index contributed by atoms with van der Waals surface area (Å²) in [6.07, 6.45) is 4.56. The summed E-state index contributed by atoms with van der Waals surface area (Å²) in [5, 5.41) is 3.53. The van der Waals surface area contributed by atoms with Crippen molar-refractivity contribution >= 4 is 5.82 Å². The first-order valence-corrected chi connectivity index (χ1v) is 7.56. The SMILES string of the molecule is CC(C)CNCc1cccnc1N1CCCC(C)C1. The van der Waals surface area contributed by atoms with Crippen LogP contribution < -0.4 is 10.2 Å². The van der Waals surface area contributed by atoms with Crippen molar-refractivity contribution < 1.29 is 0 Å². The van der Waals surface area contributed by atoms with Gasteiger partial charge in [-0.3, -0.25) is 0 Å². The fourth-order valence-electron chi connectivity index (χ4n) is 2.73. The first kappa shape index (κ1) is 14.3. The number of nitrogens with one attached hydrogen (secondary N) is 1. The average Bonchev–Trinajstić information content (AvgIpc) is 2.39. The van der Waals surface area contributed by atoms with E-state index in [1.165, 1.54) is 24.2 Å². The molecule has 3 heteroatoms. The summed E-state index contributed by atoms with van der Waals surface area (Å²) in [6.45, 7) is 11.1. The highest BCUT2D eigenvalue weighted by atomic mass is 15.2. The van der Waals surface area contributed by atoms with Crippen LogP contribution in [-0.2, 0) is 6.54 Å². The van der Waals surface area contributed by atoms with Gasteiger partial charge in [-0.15, -0.1) is 0 Å². The van der Waals surface area contributed by atoms with Gasteiger partial charge in [-0.1, -0.05) is 26.8 Å². The molecular weight excluding hydrogens is 234 g/mol. The smallest absolute Gasteiger partial charge is 0.133 e. The van der Waals surface area contributed by atoms with Gasteiger partial charge in [0, 0.05) is 31.4 Å². The minimum absolute atomic E-state index is 0.690. The molecule has 1 N–H and O–H groups in total. The van der Waals surface area contributed by atoms with Crippen LogP contribution in [0.2, 0.25) is 0 Å². The minimum atomic E-state index is 0.690. The van der Waals surface area contributed by atoms with Crippen molar-refractivity contribution in [3.8, 4) is 0 Å². The zero-order valence-corrected chi connectivity index (χ0v) is 12.5. The Morgan fingerprint density at radius 1 is 1.47 bits per heavy atom. The molecular formula is C16H27N3. The van der Waals surface area contributed by atoms with Crippen molar-refractivity contribution in [1.82, 2.24) is 10.3 Å². The van der Waals surface area contributed by atoms with E-state index in [9.17, 15) is 0 Å². The molecule has 0 spiro atoms. The van der Waals surface area contributed by atoms with Crippen LogP contribution in [0.3, 0.4) is 0 Å². The lowest BCUT2D eigenvalue weighted by atomic mass is 10.00. The van der Waals surface area contributed by atoms with Crippen LogP contribution in [0.15, 0.2) is 18.3 Å². The second kappa shape index (κ2) is 6.90. The average molecular weight is 261 g/mol. The summed E-state index contributed by atoms with van der Waals surface area (Å²) < 4.78 is 0. The lowest BCUT2D eigenvalue weighted by molar-refractivity contribution is 0.443. The quantitative estimate of drug-likeness (QED) is 0.883. The topological polar surface area (TPSA) is 28.2 Å². The monoisotopic (exact) mass is 261 g/mol. The van der Waals surface area contributed by atoms with Gasteiger partial charge in [-0.2, -0.15) is 0 Å². The first-order chi connectivity index (χ1) is 9.16. The molecule has 1 aliphatic heterocycles. The second-order valence-electron chi connectivity index (χ2n) is 6.20. The molecule has 3 nitrogen and oxygen atoms in total. The van der Waals surface area contributed by atoms with E-state index in [-0.39, 0.29) is 0 Å². The molecule has 1 aromatic heterocycles. The van der Waals surface area contributed by atoms with Gasteiger partial charge in [-0.25, -0.2) is 4.98 Å². The van der Waals surface area contributed by atoms with E-state index in [1.807, 2.05) is 12.3 Å². The molecule has 1 atom stereocenters. The van der Waals surface area contributed by atoms with Gasteiger partial charge in [-0.05, 0) is 37.3 Å². The molecule has 106 valence electrons. The van der Waals surface area contributed by atoms with E-state index in [4.69, 9.17) is 0 Å². The number of anilines is 1. The van der Waals surface area contributed by atoms with Crippen LogP contribution in [-0.4, -0.2) is 24.6 Å². The molecule has 1 aromatic rings. The van der Waals surface area contributed by atoms with Gasteiger partial charge in [0.2, 0.25) is 0 Å². The van der Waals surface area contributed by atoms with E-state index in [2.05, 4.69) is 42.0 Å². The summed E-state index contributed by atoms with van der Waals surface area (Å²) in [5.41, 5.74) is 1.33. The number of nitrogens with zero attached hydrogens (tertiary/aromatic N) is 2. The second-order valence-corrected chi connectivity index (χ2v) is 6.20. The van der Waals surface area contributed by atoms with Gasteiger partial charge < -0.3 is 10.2 Å². The number of pyridine rings is 1. The van der Waals surface area contributed by atoms with Gasteiger partial charge >= 0.3 is 0 Å². The molecule has 0 radical (unpaired) electrons. The lowest BCUT2D eigenvalue weighted by Gasteiger charge is -2.33.